The van der Waals surface area contributed by atoms with Gasteiger partial charge in [0.15, 0.2) is 5.16 Å². The van der Waals surface area contributed by atoms with Crippen molar-refractivity contribution in [1.82, 2.24) is 19.2 Å². The van der Waals surface area contributed by atoms with Gasteiger partial charge in [-0.3, -0.25) is 18.6 Å². The second kappa shape index (κ2) is 8.11. The quantitative estimate of drug-likeness (QED) is 0.498. The Balaban J connectivity index is 1.50. The molecule has 0 saturated heterocycles. The third-order valence-electron chi connectivity index (χ3n) is 4.67. The van der Waals surface area contributed by atoms with Crippen molar-refractivity contribution in [2.24, 2.45) is 0 Å². The topological polar surface area (TPSA) is 81.3 Å². The number of carbonyl (C=O) groups excluding carboxylic acids is 1. The lowest BCUT2D eigenvalue weighted by molar-refractivity contribution is -0.113. The van der Waals surface area contributed by atoms with Gasteiger partial charge >= 0.3 is 5.56 Å². The molecule has 0 atom stereocenters. The fourth-order valence-corrected chi connectivity index (χ4v) is 3.63. The molecule has 4 aromatic rings. The minimum Gasteiger partial charge on any atom is -0.325 e. The Morgan fingerprint density at radius 2 is 1.83 bits per heavy atom. The Morgan fingerprint density at radius 3 is 2.57 bits per heavy atom. The number of hydrogen-bond donors (Lipinski definition) is 1. The predicted octanol–water partition coefficient (Wildman–Crippen LogP) is 3.37. The first-order valence-electron chi connectivity index (χ1n) is 9.14. The lowest BCUT2D eigenvalue weighted by atomic mass is 10.1. The van der Waals surface area contributed by atoms with Crippen molar-refractivity contribution in [1.29, 1.82) is 0 Å². The highest BCUT2D eigenvalue weighted by atomic mass is 32.2. The maximum atomic E-state index is 13.1. The van der Waals surface area contributed by atoms with E-state index in [9.17, 15) is 14.0 Å². The van der Waals surface area contributed by atoms with Crippen LogP contribution in [0.15, 0.2) is 64.8 Å². The van der Waals surface area contributed by atoms with E-state index in [4.69, 9.17) is 0 Å². The lowest BCUT2D eigenvalue weighted by Gasteiger charge is -2.08. The van der Waals surface area contributed by atoms with E-state index in [-0.39, 0.29) is 28.7 Å². The maximum absolute atomic E-state index is 13.1. The summed E-state index contributed by atoms with van der Waals surface area (Å²) in [4.78, 5) is 25.0. The normalized spacial score (nSPS) is 11.0. The Labute approximate surface area is 175 Å². The van der Waals surface area contributed by atoms with Crippen LogP contribution in [0.5, 0.6) is 0 Å². The van der Waals surface area contributed by atoms with Crippen LogP contribution in [0.2, 0.25) is 0 Å². The number of anilines is 1. The van der Waals surface area contributed by atoms with Gasteiger partial charge in [0.25, 0.3) is 0 Å². The van der Waals surface area contributed by atoms with Gasteiger partial charge in [-0.1, -0.05) is 17.8 Å². The van der Waals surface area contributed by atoms with Crippen molar-refractivity contribution >= 4 is 29.0 Å². The zero-order valence-corrected chi connectivity index (χ0v) is 17.1. The second-order valence-corrected chi connectivity index (χ2v) is 7.70. The maximum Gasteiger partial charge on any atom is 0.300 e. The molecule has 0 saturated carbocycles. The van der Waals surface area contributed by atoms with Crippen LogP contribution in [-0.4, -0.2) is 30.8 Å². The van der Waals surface area contributed by atoms with E-state index in [2.05, 4.69) is 15.5 Å². The van der Waals surface area contributed by atoms with Crippen molar-refractivity contribution in [3.63, 3.8) is 0 Å². The monoisotopic (exact) mass is 423 g/mol. The van der Waals surface area contributed by atoms with E-state index in [1.165, 1.54) is 45.0 Å². The van der Waals surface area contributed by atoms with E-state index in [0.717, 1.165) is 16.8 Å². The minimum absolute atomic E-state index is 0.120. The highest BCUT2D eigenvalue weighted by Crippen LogP contribution is 2.18. The zero-order chi connectivity index (χ0) is 21.3. The van der Waals surface area contributed by atoms with Crippen LogP contribution in [0.3, 0.4) is 0 Å². The molecule has 2 aromatic heterocycles. The first-order valence-corrected chi connectivity index (χ1v) is 10.1. The molecule has 0 aliphatic heterocycles. The molecule has 0 unspecified atom stereocenters. The van der Waals surface area contributed by atoms with Crippen molar-refractivity contribution in [3.8, 4) is 5.69 Å². The third-order valence-corrected chi connectivity index (χ3v) is 5.61. The molecule has 2 aromatic carbocycles. The summed E-state index contributed by atoms with van der Waals surface area (Å²) in [6.45, 7) is 4.00. The molecule has 2 heterocycles. The van der Waals surface area contributed by atoms with Crippen molar-refractivity contribution in [3.05, 3.63) is 82.2 Å². The number of halogens is 1. The summed E-state index contributed by atoms with van der Waals surface area (Å²) in [6.07, 6.45) is 3.20. The fourth-order valence-electron chi connectivity index (χ4n) is 2.92. The zero-order valence-electron chi connectivity index (χ0n) is 16.3. The van der Waals surface area contributed by atoms with Gasteiger partial charge in [-0.2, -0.15) is 0 Å². The molecule has 0 aliphatic carbocycles. The summed E-state index contributed by atoms with van der Waals surface area (Å²) in [6, 6.07) is 11.3. The largest absolute Gasteiger partial charge is 0.325 e. The van der Waals surface area contributed by atoms with Crippen molar-refractivity contribution in [2.75, 3.05) is 11.1 Å². The number of amides is 1. The molecule has 9 heteroatoms. The van der Waals surface area contributed by atoms with E-state index in [0.29, 0.717) is 10.8 Å². The summed E-state index contributed by atoms with van der Waals surface area (Å²) in [5.41, 5.74) is 3.25. The van der Waals surface area contributed by atoms with E-state index < -0.39 is 0 Å². The number of fused-ring (bicyclic) bond motifs is 1. The number of rotatable bonds is 5. The number of benzene rings is 2. The molecule has 0 radical (unpaired) electrons. The molecule has 0 spiro atoms. The molecule has 152 valence electrons. The number of aromatic nitrogens is 4. The van der Waals surface area contributed by atoms with Crippen LogP contribution in [0.1, 0.15) is 11.1 Å². The van der Waals surface area contributed by atoms with Gasteiger partial charge in [0, 0.05) is 23.8 Å². The molecule has 1 N–H and O–H groups in total. The molecule has 30 heavy (non-hydrogen) atoms. The molecular weight excluding hydrogens is 405 g/mol. The van der Waals surface area contributed by atoms with Gasteiger partial charge in [0.1, 0.15) is 5.82 Å². The SMILES string of the molecule is Cc1ccc(NC(=O)CSc2nnc3c(=O)n(-c4ccc(F)cc4)ccn23)cc1C. The fraction of sp³-hybridized carbons (Fsp3) is 0.143. The Hall–Kier alpha value is -3.46. The summed E-state index contributed by atoms with van der Waals surface area (Å²) >= 11 is 1.18. The molecule has 0 fully saturated rings. The number of nitrogens with zero attached hydrogens (tertiary/aromatic N) is 4. The van der Waals surface area contributed by atoms with Gasteiger partial charge in [-0.05, 0) is 61.4 Å². The summed E-state index contributed by atoms with van der Waals surface area (Å²) in [5, 5.41) is 11.3. The van der Waals surface area contributed by atoms with E-state index in [1.807, 2.05) is 32.0 Å². The highest BCUT2D eigenvalue weighted by Gasteiger charge is 2.14. The van der Waals surface area contributed by atoms with Crippen molar-refractivity contribution in [2.45, 2.75) is 19.0 Å². The number of thioether (sulfide) groups is 1. The Morgan fingerprint density at radius 1 is 1.07 bits per heavy atom. The minimum atomic E-state index is -0.386. The molecule has 4 rings (SSSR count). The highest BCUT2D eigenvalue weighted by molar-refractivity contribution is 7.99. The van der Waals surface area contributed by atoms with E-state index >= 15 is 0 Å². The Kier molecular flexibility index (Phi) is 5.37. The predicted molar refractivity (Wildman–Crippen MR) is 114 cm³/mol. The molecule has 1 amide bonds. The number of carbonyl (C=O) groups is 1. The molecule has 0 bridgehead atoms. The van der Waals surface area contributed by atoms with Crippen LogP contribution in [-0.2, 0) is 4.79 Å². The average molecular weight is 423 g/mol. The molecule has 7 nitrogen and oxygen atoms in total. The summed E-state index contributed by atoms with van der Waals surface area (Å²) in [5.74, 6) is -0.442. The van der Waals surface area contributed by atoms with Gasteiger partial charge < -0.3 is 5.32 Å². The van der Waals surface area contributed by atoms with Crippen LogP contribution >= 0.6 is 11.8 Å². The van der Waals surface area contributed by atoms with Gasteiger partial charge in [-0.25, -0.2) is 4.39 Å². The van der Waals surface area contributed by atoms with Crippen LogP contribution < -0.4 is 10.9 Å². The molecular formula is C21H18FN5O2S. The summed E-state index contributed by atoms with van der Waals surface area (Å²) in [7, 11) is 0. The van der Waals surface area contributed by atoms with Crippen LogP contribution in [0.4, 0.5) is 10.1 Å². The third kappa shape index (κ3) is 3.97. The van der Waals surface area contributed by atoms with Crippen LogP contribution in [0, 0.1) is 19.7 Å². The summed E-state index contributed by atoms with van der Waals surface area (Å²) < 4.78 is 16.0. The number of nitrogens with one attached hydrogen (secondary N) is 1. The smallest absolute Gasteiger partial charge is 0.300 e. The first-order chi connectivity index (χ1) is 14.4. The standard InChI is InChI=1S/C21H18FN5O2S/c1-13-3-6-16(11-14(13)2)23-18(28)12-30-21-25-24-19-20(29)26(9-10-27(19)21)17-7-4-15(22)5-8-17/h3-11H,12H2,1-2H3,(H,23,28). The van der Waals surface area contributed by atoms with Gasteiger partial charge in [0.05, 0.1) is 5.75 Å². The molecule has 0 aliphatic rings. The van der Waals surface area contributed by atoms with Crippen molar-refractivity contribution < 1.29 is 9.18 Å². The first kappa shape index (κ1) is 19.8. The van der Waals surface area contributed by atoms with Gasteiger partial charge in [-0.15, -0.1) is 10.2 Å². The Bertz CT molecular complexity index is 1300. The van der Waals surface area contributed by atoms with Gasteiger partial charge in [0.2, 0.25) is 11.6 Å². The number of aryl methyl sites for hydroxylation is 2. The second-order valence-electron chi connectivity index (χ2n) is 6.76. The van der Waals surface area contributed by atoms with E-state index in [1.54, 1.807) is 12.4 Å². The van der Waals surface area contributed by atoms with Crippen LogP contribution in [0.25, 0.3) is 11.3 Å². The average Bonchev–Trinajstić information content (AvgIpc) is 3.14. The lowest BCUT2D eigenvalue weighted by Crippen LogP contribution is -2.20. The number of hydrogen-bond acceptors (Lipinski definition) is 5.